The van der Waals surface area contributed by atoms with Gasteiger partial charge in [-0.3, -0.25) is 4.79 Å². The van der Waals surface area contributed by atoms with Gasteiger partial charge in [-0.1, -0.05) is 12.1 Å². The number of aryl methyl sites for hydroxylation is 1. The number of fused-ring (bicyclic) bond motifs is 1. The van der Waals surface area contributed by atoms with E-state index in [0.717, 1.165) is 35.2 Å². The van der Waals surface area contributed by atoms with Crippen molar-refractivity contribution in [3.8, 4) is 0 Å². The Morgan fingerprint density at radius 3 is 2.85 bits per heavy atom. The number of ether oxygens (including phenoxy) is 2. The zero-order chi connectivity index (χ0) is 24.2. The van der Waals surface area contributed by atoms with E-state index in [2.05, 4.69) is 26.3 Å². The van der Waals surface area contributed by atoms with Crippen molar-refractivity contribution in [3.05, 3.63) is 76.6 Å². The highest BCUT2D eigenvalue weighted by Crippen LogP contribution is 2.31. The summed E-state index contributed by atoms with van der Waals surface area (Å²) in [6.07, 6.45) is 5.96. The molecule has 4 rings (SSSR count). The highest BCUT2D eigenvalue weighted by Gasteiger charge is 2.37. The quantitative estimate of drug-likeness (QED) is 0.300. The number of carbonyl (C=O) groups is 2. The minimum absolute atomic E-state index is 0.0376. The number of pyridine rings is 1. The number of allylic oxidation sites excluding steroid dienone is 1. The number of aromatic amines is 1. The van der Waals surface area contributed by atoms with Crippen LogP contribution in [-0.2, 0) is 25.5 Å². The monoisotopic (exact) mass is 460 g/mol. The minimum Gasteiger partial charge on any atom is -0.462 e. The van der Waals surface area contributed by atoms with Gasteiger partial charge in [0.15, 0.2) is 11.3 Å². The third kappa shape index (κ3) is 4.87. The van der Waals surface area contributed by atoms with Crippen molar-refractivity contribution in [2.75, 3.05) is 32.6 Å². The maximum Gasteiger partial charge on any atom is 0.347 e. The zero-order valence-electron chi connectivity index (χ0n) is 19.8. The van der Waals surface area contributed by atoms with E-state index in [4.69, 9.17) is 9.47 Å². The maximum atomic E-state index is 13.2. The van der Waals surface area contributed by atoms with Gasteiger partial charge >= 0.3 is 5.97 Å². The lowest BCUT2D eigenvalue weighted by Gasteiger charge is -2.14. The molecule has 0 unspecified atom stereocenters. The molecule has 0 spiro atoms. The average Bonchev–Trinajstić information content (AvgIpc) is 3.35. The van der Waals surface area contributed by atoms with E-state index in [1.165, 1.54) is 5.56 Å². The Morgan fingerprint density at radius 2 is 2.12 bits per heavy atom. The van der Waals surface area contributed by atoms with Gasteiger partial charge in [-0.2, -0.15) is 0 Å². The minimum atomic E-state index is -0.723. The summed E-state index contributed by atoms with van der Waals surface area (Å²) in [5.74, 6) is -1.15. The number of hydrogen-bond acceptors (Lipinski definition) is 7. The third-order valence-corrected chi connectivity index (χ3v) is 5.53. The fraction of sp³-hybridized carbons (Fsp3) is 0.269. The van der Waals surface area contributed by atoms with E-state index in [9.17, 15) is 9.59 Å². The SMILES string of the molecule is CCOC(=O)C1=C(Nc2ccc(CCN(C)C)cc2C)O/C(=C\c2c[nH]c3ncccc23)C1=O. The standard InChI is InChI=1S/C26H28N4O4/c1-5-33-26(32)22-23(31)21(14-18-15-28-24-19(18)7-6-11-27-24)34-25(22)29-20-9-8-17(13-16(20)2)10-12-30(3)4/h6-9,11,13-15,29H,5,10,12H2,1-4H3,(H,27,28)/b21-14-. The summed E-state index contributed by atoms with van der Waals surface area (Å²) in [7, 11) is 4.08. The van der Waals surface area contributed by atoms with Crippen LogP contribution < -0.4 is 5.32 Å². The first kappa shape index (κ1) is 23.3. The van der Waals surface area contributed by atoms with Gasteiger partial charge in [-0.15, -0.1) is 0 Å². The van der Waals surface area contributed by atoms with Crippen molar-refractivity contribution < 1.29 is 19.1 Å². The molecule has 2 aromatic heterocycles. The van der Waals surface area contributed by atoms with Gasteiger partial charge in [0.05, 0.1) is 6.61 Å². The maximum absolute atomic E-state index is 13.2. The Balaban J connectivity index is 1.64. The first-order valence-corrected chi connectivity index (χ1v) is 11.2. The van der Waals surface area contributed by atoms with E-state index in [-0.39, 0.29) is 23.8 Å². The number of nitrogens with zero attached hydrogens (tertiary/aromatic N) is 2. The molecule has 34 heavy (non-hydrogen) atoms. The Labute approximate surface area is 198 Å². The smallest absolute Gasteiger partial charge is 0.347 e. The number of aromatic nitrogens is 2. The predicted octanol–water partition coefficient (Wildman–Crippen LogP) is 3.80. The molecule has 1 aromatic carbocycles. The molecule has 0 atom stereocenters. The number of hydrogen-bond donors (Lipinski definition) is 2. The first-order valence-electron chi connectivity index (χ1n) is 11.2. The number of ketones is 1. The van der Waals surface area contributed by atoms with Crippen LogP contribution in [0.1, 0.15) is 23.6 Å². The van der Waals surface area contributed by atoms with Crippen LogP contribution in [0, 0.1) is 6.92 Å². The highest BCUT2D eigenvalue weighted by atomic mass is 16.5. The molecule has 0 aliphatic carbocycles. The number of nitrogens with one attached hydrogen (secondary N) is 2. The summed E-state index contributed by atoms with van der Waals surface area (Å²) in [5.41, 5.74) is 4.20. The van der Waals surface area contributed by atoms with Crippen molar-refractivity contribution in [2.45, 2.75) is 20.3 Å². The third-order valence-electron chi connectivity index (χ3n) is 5.53. The van der Waals surface area contributed by atoms with Gasteiger partial charge in [-0.25, -0.2) is 9.78 Å². The fourth-order valence-electron chi connectivity index (χ4n) is 3.74. The number of Topliss-reactive ketones (excluding diaryl/α,β-unsaturated/α-hetero) is 1. The van der Waals surface area contributed by atoms with Crippen molar-refractivity contribution in [1.29, 1.82) is 0 Å². The molecule has 0 bridgehead atoms. The molecule has 3 aromatic rings. The van der Waals surface area contributed by atoms with Crippen LogP contribution in [0.25, 0.3) is 17.1 Å². The molecule has 2 N–H and O–H groups in total. The van der Waals surface area contributed by atoms with Crippen molar-refractivity contribution >= 4 is 34.5 Å². The predicted molar refractivity (Wildman–Crippen MR) is 131 cm³/mol. The second-order valence-corrected chi connectivity index (χ2v) is 8.34. The second-order valence-electron chi connectivity index (χ2n) is 8.34. The lowest BCUT2D eigenvalue weighted by molar-refractivity contribution is -0.139. The van der Waals surface area contributed by atoms with Crippen molar-refractivity contribution in [1.82, 2.24) is 14.9 Å². The van der Waals surface area contributed by atoms with Crippen molar-refractivity contribution in [2.24, 2.45) is 0 Å². The average molecular weight is 461 g/mol. The van der Waals surface area contributed by atoms with Crippen LogP contribution in [-0.4, -0.2) is 53.9 Å². The topological polar surface area (TPSA) is 96.6 Å². The Morgan fingerprint density at radius 1 is 1.29 bits per heavy atom. The van der Waals surface area contributed by atoms with Gasteiger partial charge in [0.2, 0.25) is 11.7 Å². The molecule has 1 aliphatic rings. The highest BCUT2D eigenvalue weighted by molar-refractivity contribution is 6.26. The molecule has 8 heteroatoms. The second kappa shape index (κ2) is 9.93. The Bertz CT molecular complexity index is 1300. The number of likely N-dealkylation sites (N-methyl/N-ethyl adjacent to an activating group) is 1. The lowest BCUT2D eigenvalue weighted by Crippen LogP contribution is -2.16. The Kier molecular flexibility index (Phi) is 6.79. The number of H-pyrrole nitrogens is 1. The molecule has 1 aliphatic heterocycles. The van der Waals surface area contributed by atoms with Gasteiger partial charge < -0.3 is 24.7 Å². The van der Waals surface area contributed by atoms with Crippen LogP contribution in [0.5, 0.6) is 0 Å². The molecule has 0 saturated carbocycles. The van der Waals surface area contributed by atoms with Crippen LogP contribution in [0.4, 0.5) is 5.69 Å². The molecule has 0 radical (unpaired) electrons. The summed E-state index contributed by atoms with van der Waals surface area (Å²) in [6, 6.07) is 9.75. The van der Waals surface area contributed by atoms with Gasteiger partial charge in [0.1, 0.15) is 5.65 Å². The number of rotatable bonds is 8. The first-order chi connectivity index (χ1) is 16.4. The van der Waals surface area contributed by atoms with Gasteiger partial charge in [0, 0.05) is 35.6 Å². The number of anilines is 1. The molecule has 3 heterocycles. The fourth-order valence-corrected chi connectivity index (χ4v) is 3.74. The van der Waals surface area contributed by atoms with Crippen LogP contribution in [0.2, 0.25) is 0 Å². The molecule has 176 valence electrons. The van der Waals surface area contributed by atoms with E-state index >= 15 is 0 Å². The summed E-state index contributed by atoms with van der Waals surface area (Å²) >= 11 is 0. The molecule has 0 saturated heterocycles. The number of carbonyl (C=O) groups excluding carboxylic acids is 2. The van der Waals surface area contributed by atoms with Gasteiger partial charge in [0.25, 0.3) is 0 Å². The molecular weight excluding hydrogens is 432 g/mol. The molecule has 0 fully saturated rings. The van der Waals surface area contributed by atoms with Crippen LogP contribution in [0.3, 0.4) is 0 Å². The summed E-state index contributed by atoms with van der Waals surface area (Å²) < 4.78 is 11.0. The van der Waals surface area contributed by atoms with E-state index in [1.807, 2.05) is 45.3 Å². The molecule has 0 amide bonds. The van der Waals surface area contributed by atoms with E-state index < -0.39 is 11.8 Å². The zero-order valence-corrected chi connectivity index (χ0v) is 19.8. The van der Waals surface area contributed by atoms with E-state index in [1.54, 1.807) is 25.4 Å². The van der Waals surface area contributed by atoms with Crippen molar-refractivity contribution in [3.63, 3.8) is 0 Å². The summed E-state index contributed by atoms with van der Waals surface area (Å²) in [4.78, 5) is 35.2. The number of benzene rings is 1. The van der Waals surface area contributed by atoms with Crippen LogP contribution >= 0.6 is 0 Å². The lowest BCUT2D eigenvalue weighted by atomic mass is 10.1. The van der Waals surface area contributed by atoms with Crippen LogP contribution in [0.15, 0.2) is 59.9 Å². The molecule has 8 nitrogen and oxygen atoms in total. The Hall–Kier alpha value is -3.91. The van der Waals surface area contributed by atoms with E-state index in [0.29, 0.717) is 5.65 Å². The summed E-state index contributed by atoms with van der Waals surface area (Å²) in [6.45, 7) is 4.76. The van der Waals surface area contributed by atoms with Gasteiger partial charge in [-0.05, 0) is 69.8 Å². The summed E-state index contributed by atoms with van der Waals surface area (Å²) in [5, 5.41) is 3.97. The molecular formula is C26H28N4O4. The normalized spacial score (nSPS) is 14.9. The largest absolute Gasteiger partial charge is 0.462 e. The number of esters is 1.